The molecular weight excluding hydrogens is 482 g/mol. The van der Waals surface area contributed by atoms with Crippen molar-refractivity contribution in [2.45, 2.75) is 6.42 Å². The number of quaternary nitrogens is 1. The van der Waals surface area contributed by atoms with Crippen LogP contribution < -0.4 is 9.64 Å². The number of rotatable bonds is 8. The van der Waals surface area contributed by atoms with E-state index in [9.17, 15) is 5.26 Å². The Balaban J connectivity index is 1.76. The van der Waals surface area contributed by atoms with Crippen LogP contribution in [-0.2, 0) is 0 Å². The fraction of sp³-hybridized carbons (Fsp3) is 0.182. The highest BCUT2D eigenvalue weighted by molar-refractivity contribution is 5.86. The zero-order valence-electron chi connectivity index (χ0n) is 22.4. The van der Waals surface area contributed by atoms with E-state index in [2.05, 4.69) is 53.9 Å². The molecule has 0 fully saturated rings. The molecule has 0 aromatic heterocycles. The van der Waals surface area contributed by atoms with Crippen molar-refractivity contribution >= 4 is 11.3 Å². The van der Waals surface area contributed by atoms with Crippen molar-refractivity contribution in [2.75, 3.05) is 39.1 Å². The normalized spacial score (nSPS) is 14.5. The Morgan fingerprint density at radius 2 is 1.64 bits per heavy atom. The highest BCUT2D eigenvalue weighted by Crippen LogP contribution is 2.42. The summed E-state index contributed by atoms with van der Waals surface area (Å²) in [4.78, 5) is 9.24. The van der Waals surface area contributed by atoms with Crippen LogP contribution in [0.25, 0.3) is 26.4 Å². The summed E-state index contributed by atoms with van der Waals surface area (Å²) in [5.41, 5.74) is 4.24. The number of hydrogen-bond donors (Lipinski definition) is 0. The van der Waals surface area contributed by atoms with E-state index in [-0.39, 0.29) is 11.4 Å². The number of nitriles is 1. The van der Waals surface area contributed by atoms with Gasteiger partial charge in [0.2, 0.25) is 0 Å². The molecule has 0 amide bonds. The number of benzene rings is 3. The lowest BCUT2D eigenvalue weighted by Gasteiger charge is -2.26. The lowest BCUT2D eigenvalue weighted by atomic mass is 10.0. The van der Waals surface area contributed by atoms with E-state index in [4.69, 9.17) is 17.9 Å². The van der Waals surface area contributed by atoms with Gasteiger partial charge in [0.05, 0.1) is 52.6 Å². The number of nitrogens with zero attached hydrogens (tertiary/aromatic N) is 5. The van der Waals surface area contributed by atoms with Crippen molar-refractivity contribution < 1.29 is 9.22 Å². The lowest BCUT2D eigenvalue weighted by Crippen LogP contribution is -2.37. The molecule has 0 atom stereocenters. The molecule has 0 radical (unpaired) electrons. The summed E-state index contributed by atoms with van der Waals surface area (Å²) in [5.74, 6) is 1.35. The van der Waals surface area contributed by atoms with Crippen LogP contribution in [0.5, 0.6) is 5.75 Å². The monoisotopic (exact) mass is 512 g/mol. The molecule has 1 aliphatic rings. The zero-order chi connectivity index (χ0) is 27.8. The van der Waals surface area contributed by atoms with Crippen LogP contribution in [0.1, 0.15) is 12.0 Å². The van der Waals surface area contributed by atoms with Crippen molar-refractivity contribution in [1.82, 2.24) is 0 Å². The van der Waals surface area contributed by atoms with Gasteiger partial charge < -0.3 is 14.1 Å². The Morgan fingerprint density at radius 3 is 2.26 bits per heavy atom. The minimum absolute atomic E-state index is 0.121. The summed E-state index contributed by atoms with van der Waals surface area (Å²) in [6, 6.07) is 27.4. The van der Waals surface area contributed by atoms with Gasteiger partial charge in [0.25, 0.3) is 5.70 Å². The molecule has 6 heteroatoms. The summed E-state index contributed by atoms with van der Waals surface area (Å²) in [6.07, 6.45) is 4.34. The van der Waals surface area contributed by atoms with E-state index >= 15 is 0 Å². The number of fused-ring (bicyclic) bond motifs is 1. The maximum absolute atomic E-state index is 9.62. The van der Waals surface area contributed by atoms with Crippen LogP contribution in [0.3, 0.4) is 0 Å². The van der Waals surface area contributed by atoms with Gasteiger partial charge in [-0.15, -0.1) is 0 Å². The van der Waals surface area contributed by atoms with Gasteiger partial charge in [-0.3, -0.25) is 0 Å². The molecule has 0 unspecified atom stereocenters. The highest BCUT2D eigenvalue weighted by atomic mass is 16.5. The van der Waals surface area contributed by atoms with Crippen molar-refractivity contribution in [3.63, 3.8) is 0 Å². The third-order valence-electron chi connectivity index (χ3n) is 6.33. The van der Waals surface area contributed by atoms with Crippen molar-refractivity contribution in [3.05, 3.63) is 137 Å². The van der Waals surface area contributed by atoms with E-state index in [0.29, 0.717) is 17.0 Å². The first-order valence-corrected chi connectivity index (χ1v) is 12.7. The molecule has 1 heterocycles. The Hall–Kier alpha value is -5.09. The summed E-state index contributed by atoms with van der Waals surface area (Å²) in [6.45, 7) is 17.1. The Morgan fingerprint density at radius 1 is 0.949 bits per heavy atom. The molecule has 0 spiro atoms. The second kappa shape index (κ2) is 12.0. The van der Waals surface area contributed by atoms with E-state index < -0.39 is 0 Å². The fourth-order valence-corrected chi connectivity index (χ4v) is 4.44. The van der Waals surface area contributed by atoms with Gasteiger partial charge >= 0.3 is 0 Å². The smallest absolute Gasteiger partial charge is 0.259 e. The van der Waals surface area contributed by atoms with Gasteiger partial charge in [-0.25, -0.2) is 15.0 Å². The van der Waals surface area contributed by atoms with Gasteiger partial charge in [0.1, 0.15) is 0 Å². The average molecular weight is 513 g/mol. The topological polar surface area (TPSA) is 45.0 Å². The predicted octanol–water partition coefficient (Wildman–Crippen LogP) is 7.15. The maximum atomic E-state index is 9.62. The quantitative estimate of drug-likeness (QED) is 0.139. The van der Waals surface area contributed by atoms with Crippen LogP contribution in [0, 0.1) is 24.5 Å². The van der Waals surface area contributed by atoms with Gasteiger partial charge in [-0.05, 0) is 34.9 Å². The van der Waals surface area contributed by atoms with Crippen LogP contribution in [0.2, 0.25) is 0 Å². The Kier molecular flexibility index (Phi) is 8.27. The van der Waals surface area contributed by atoms with Crippen molar-refractivity contribution in [3.8, 4) is 22.9 Å². The molecule has 4 rings (SSSR count). The van der Waals surface area contributed by atoms with E-state index in [1.54, 1.807) is 24.3 Å². The molecule has 0 saturated heterocycles. The molecule has 192 valence electrons. The molecule has 0 N–H and O–H groups in total. The third-order valence-corrected chi connectivity index (χ3v) is 6.33. The fourth-order valence-electron chi connectivity index (χ4n) is 4.44. The van der Waals surface area contributed by atoms with Crippen LogP contribution >= 0.6 is 0 Å². The summed E-state index contributed by atoms with van der Waals surface area (Å²) in [7, 11) is 6.51. The molecule has 3 aromatic rings. The molecule has 0 bridgehead atoms. The summed E-state index contributed by atoms with van der Waals surface area (Å²) < 4.78 is 7.13. The van der Waals surface area contributed by atoms with E-state index in [0.717, 1.165) is 46.6 Å². The summed E-state index contributed by atoms with van der Waals surface area (Å²) in [5, 5.41) is 9.62. The number of ether oxygens (including phenoxy) is 1. The predicted molar refractivity (Wildman–Crippen MR) is 156 cm³/mol. The summed E-state index contributed by atoms with van der Waals surface area (Å²) >= 11 is 0. The second-order valence-electron chi connectivity index (χ2n) is 10.2. The zero-order valence-corrected chi connectivity index (χ0v) is 22.4. The lowest BCUT2D eigenvalue weighted by molar-refractivity contribution is -0.870. The molecule has 0 aliphatic carbocycles. The molecular formula is C33H30N5O+. The second-order valence-corrected chi connectivity index (χ2v) is 10.2. The van der Waals surface area contributed by atoms with Crippen LogP contribution in [-0.4, -0.2) is 38.7 Å². The van der Waals surface area contributed by atoms with E-state index in [1.165, 1.54) is 0 Å². The first-order chi connectivity index (χ1) is 18.8. The highest BCUT2D eigenvalue weighted by Gasteiger charge is 2.27. The molecule has 6 nitrogen and oxygen atoms in total. The van der Waals surface area contributed by atoms with E-state index in [1.807, 2.05) is 54.6 Å². The Bertz CT molecular complexity index is 1540. The van der Waals surface area contributed by atoms with Crippen LogP contribution in [0.15, 0.2) is 108 Å². The number of allylic oxidation sites excluding steroid dienone is 4. The van der Waals surface area contributed by atoms with Gasteiger partial charge in [-0.2, -0.15) is 0 Å². The average Bonchev–Trinajstić information content (AvgIpc) is 3.29. The largest absolute Gasteiger partial charge is 0.439 e. The van der Waals surface area contributed by atoms with Crippen molar-refractivity contribution in [1.29, 1.82) is 5.26 Å². The van der Waals surface area contributed by atoms with Gasteiger partial charge in [0.15, 0.2) is 17.3 Å². The Labute approximate surface area is 230 Å². The number of anilines is 1. The number of hydrogen-bond acceptors (Lipinski definition) is 3. The molecule has 39 heavy (non-hydrogen) atoms. The van der Waals surface area contributed by atoms with Crippen molar-refractivity contribution in [2.24, 2.45) is 0 Å². The van der Waals surface area contributed by atoms with Gasteiger partial charge in [-0.1, -0.05) is 72.8 Å². The SMILES string of the molecule is [C-]#[N+]C(=CC=C1Oc2ccc(-c3ccccc3)cc2N1CCC[N+](C)(C)C)/C(=C(\C#N)[N+]#[C-])c1ccccc1. The van der Waals surface area contributed by atoms with Crippen LogP contribution in [0.4, 0.5) is 5.69 Å². The standard InChI is InChI=1S/C33H30N5O/c1-35-28(33(29(24-34)36-2)26-15-10-7-11-16-26)18-20-32-37(21-12-22-38(3,4)5)30-23-27(17-19-31(30)39-32)25-13-8-6-9-14-25/h6-11,13-20,23H,12,21-22H2,3-5H3/q+1/b28-18?,32-20?,33-29+. The minimum atomic E-state index is -0.121. The molecule has 1 aliphatic heterocycles. The van der Waals surface area contributed by atoms with Gasteiger partial charge in [0, 0.05) is 18.5 Å². The first kappa shape index (κ1) is 27.0. The minimum Gasteiger partial charge on any atom is -0.439 e. The molecule has 3 aromatic carbocycles. The third kappa shape index (κ3) is 6.43. The molecule has 0 saturated carbocycles. The maximum Gasteiger partial charge on any atom is 0.259 e. The first-order valence-electron chi connectivity index (χ1n) is 12.7.